The van der Waals surface area contributed by atoms with Crippen molar-refractivity contribution in [2.45, 2.75) is 45.2 Å². The van der Waals surface area contributed by atoms with Gasteiger partial charge in [0.2, 0.25) is 0 Å². The molecular formula is C14H30N2O2. The molecule has 4 nitrogen and oxygen atoms in total. The summed E-state index contributed by atoms with van der Waals surface area (Å²) in [5.41, 5.74) is 0. The number of hydrogen-bond donors (Lipinski definition) is 1. The summed E-state index contributed by atoms with van der Waals surface area (Å²) in [6.45, 7) is 10.3. The van der Waals surface area contributed by atoms with E-state index in [1.165, 1.54) is 19.4 Å². The average molecular weight is 258 g/mol. The molecule has 0 radical (unpaired) electrons. The summed E-state index contributed by atoms with van der Waals surface area (Å²) in [4.78, 5) is 2.59. The maximum atomic E-state index is 5.50. The zero-order valence-electron chi connectivity index (χ0n) is 12.3. The molecule has 1 heterocycles. The van der Waals surface area contributed by atoms with Crippen molar-refractivity contribution in [1.82, 2.24) is 10.2 Å². The molecule has 0 spiro atoms. The predicted molar refractivity (Wildman–Crippen MR) is 75.0 cm³/mol. The summed E-state index contributed by atoms with van der Waals surface area (Å²) in [5, 5.41) is 3.56. The highest BCUT2D eigenvalue weighted by Gasteiger charge is 2.23. The van der Waals surface area contributed by atoms with Gasteiger partial charge in [-0.05, 0) is 39.3 Å². The molecule has 4 heteroatoms. The number of likely N-dealkylation sites (tertiary alicyclic amines) is 1. The molecule has 0 aromatic rings. The highest BCUT2D eigenvalue weighted by molar-refractivity contribution is 4.82. The van der Waals surface area contributed by atoms with E-state index >= 15 is 0 Å². The Bertz CT molecular complexity index is 202. The Morgan fingerprint density at radius 2 is 2.11 bits per heavy atom. The molecule has 1 fully saturated rings. The molecule has 1 aliphatic heterocycles. The van der Waals surface area contributed by atoms with Crippen LogP contribution in [0.5, 0.6) is 0 Å². The van der Waals surface area contributed by atoms with E-state index < -0.39 is 0 Å². The van der Waals surface area contributed by atoms with Gasteiger partial charge in [-0.25, -0.2) is 0 Å². The Balaban J connectivity index is 2.05. The van der Waals surface area contributed by atoms with Crippen molar-refractivity contribution in [3.63, 3.8) is 0 Å². The molecule has 1 N–H and O–H groups in total. The van der Waals surface area contributed by atoms with Gasteiger partial charge in [0.15, 0.2) is 0 Å². The van der Waals surface area contributed by atoms with Gasteiger partial charge in [-0.2, -0.15) is 0 Å². The van der Waals surface area contributed by atoms with Crippen LogP contribution in [0.2, 0.25) is 0 Å². The number of nitrogens with zero attached hydrogens (tertiary/aromatic N) is 1. The molecule has 2 unspecified atom stereocenters. The first-order valence-electron chi connectivity index (χ1n) is 7.32. The third kappa shape index (κ3) is 6.14. The van der Waals surface area contributed by atoms with Crippen molar-refractivity contribution < 1.29 is 9.47 Å². The molecule has 1 saturated heterocycles. The Morgan fingerprint density at radius 1 is 1.28 bits per heavy atom. The molecule has 0 bridgehead atoms. The van der Waals surface area contributed by atoms with Gasteiger partial charge < -0.3 is 19.7 Å². The quantitative estimate of drug-likeness (QED) is 0.636. The monoisotopic (exact) mass is 258 g/mol. The molecule has 1 rings (SSSR count). The van der Waals surface area contributed by atoms with Crippen LogP contribution >= 0.6 is 0 Å². The molecule has 1 aliphatic rings. The van der Waals surface area contributed by atoms with E-state index in [0.717, 1.165) is 32.2 Å². The van der Waals surface area contributed by atoms with Crippen LogP contribution in [0.4, 0.5) is 0 Å². The van der Waals surface area contributed by atoms with E-state index in [0.29, 0.717) is 19.3 Å². The Kier molecular flexibility index (Phi) is 8.59. The Hall–Kier alpha value is -0.160. The largest absolute Gasteiger partial charge is 0.382 e. The third-order valence-electron chi connectivity index (χ3n) is 3.67. The molecule has 0 aromatic heterocycles. The highest BCUT2D eigenvalue weighted by atomic mass is 16.5. The lowest BCUT2D eigenvalue weighted by molar-refractivity contribution is 0.0588. The fraction of sp³-hybridized carbons (Fsp3) is 1.00. The van der Waals surface area contributed by atoms with Crippen LogP contribution in [-0.2, 0) is 9.47 Å². The molecule has 18 heavy (non-hydrogen) atoms. The zero-order valence-corrected chi connectivity index (χ0v) is 12.3. The second-order valence-corrected chi connectivity index (χ2v) is 5.12. The van der Waals surface area contributed by atoms with Crippen LogP contribution in [-0.4, -0.2) is 63.5 Å². The van der Waals surface area contributed by atoms with Crippen molar-refractivity contribution in [2.24, 2.45) is 0 Å². The fourth-order valence-electron chi connectivity index (χ4n) is 2.64. The number of nitrogens with one attached hydrogen (secondary N) is 1. The van der Waals surface area contributed by atoms with Gasteiger partial charge in [-0.3, -0.25) is 0 Å². The molecule has 0 saturated carbocycles. The van der Waals surface area contributed by atoms with Gasteiger partial charge in [-0.1, -0.05) is 6.92 Å². The lowest BCUT2D eigenvalue weighted by Gasteiger charge is -2.38. The zero-order chi connectivity index (χ0) is 13.2. The summed E-state index contributed by atoms with van der Waals surface area (Å²) in [5.74, 6) is 0. The second kappa shape index (κ2) is 9.73. The number of ether oxygens (including phenoxy) is 2. The first-order chi connectivity index (χ1) is 8.77. The Morgan fingerprint density at radius 3 is 2.78 bits per heavy atom. The summed E-state index contributed by atoms with van der Waals surface area (Å²) in [6.07, 6.45) is 3.68. The first-order valence-corrected chi connectivity index (χ1v) is 7.32. The number of hydrogen-bond acceptors (Lipinski definition) is 4. The predicted octanol–water partition coefficient (Wildman–Crippen LogP) is 1.50. The topological polar surface area (TPSA) is 33.7 Å². The fourth-order valence-corrected chi connectivity index (χ4v) is 2.64. The van der Waals surface area contributed by atoms with E-state index in [9.17, 15) is 0 Å². The van der Waals surface area contributed by atoms with Crippen LogP contribution in [0, 0.1) is 0 Å². The van der Waals surface area contributed by atoms with Crippen molar-refractivity contribution >= 4 is 0 Å². The van der Waals surface area contributed by atoms with E-state index in [4.69, 9.17) is 9.47 Å². The van der Waals surface area contributed by atoms with E-state index in [-0.39, 0.29) is 0 Å². The van der Waals surface area contributed by atoms with Gasteiger partial charge >= 0.3 is 0 Å². The minimum absolute atomic E-state index is 0.696. The van der Waals surface area contributed by atoms with E-state index in [1.807, 2.05) is 0 Å². The normalized spacial score (nSPS) is 25.5. The summed E-state index contributed by atoms with van der Waals surface area (Å²) in [6, 6.07) is 1.42. The second-order valence-electron chi connectivity index (χ2n) is 5.12. The molecule has 0 aromatic carbocycles. The van der Waals surface area contributed by atoms with Gasteiger partial charge in [0.05, 0.1) is 13.2 Å². The summed E-state index contributed by atoms with van der Waals surface area (Å²) >= 11 is 0. The van der Waals surface area contributed by atoms with Crippen molar-refractivity contribution in [1.29, 1.82) is 0 Å². The van der Waals surface area contributed by atoms with Crippen LogP contribution in [0.1, 0.15) is 33.1 Å². The van der Waals surface area contributed by atoms with Gasteiger partial charge in [0.1, 0.15) is 0 Å². The highest BCUT2D eigenvalue weighted by Crippen LogP contribution is 2.17. The molecular weight excluding hydrogens is 228 g/mol. The van der Waals surface area contributed by atoms with Crippen molar-refractivity contribution in [2.75, 3.05) is 46.6 Å². The lowest BCUT2D eigenvalue weighted by Crippen LogP contribution is -2.47. The maximum absolute atomic E-state index is 5.50. The minimum atomic E-state index is 0.696. The van der Waals surface area contributed by atoms with Crippen LogP contribution < -0.4 is 5.32 Å². The summed E-state index contributed by atoms with van der Waals surface area (Å²) in [7, 11) is 1.71. The number of rotatable bonds is 9. The average Bonchev–Trinajstić information content (AvgIpc) is 2.36. The third-order valence-corrected chi connectivity index (χ3v) is 3.67. The lowest BCUT2D eigenvalue weighted by atomic mass is 9.98. The maximum Gasteiger partial charge on any atom is 0.0700 e. The van der Waals surface area contributed by atoms with Gasteiger partial charge in [-0.15, -0.1) is 0 Å². The van der Waals surface area contributed by atoms with E-state index in [2.05, 4.69) is 24.1 Å². The smallest absolute Gasteiger partial charge is 0.0700 e. The van der Waals surface area contributed by atoms with E-state index in [1.54, 1.807) is 7.11 Å². The number of piperidine rings is 1. The van der Waals surface area contributed by atoms with Crippen molar-refractivity contribution in [3.05, 3.63) is 0 Å². The molecule has 108 valence electrons. The number of methoxy groups -OCH3 is 1. The molecule has 0 aliphatic carbocycles. The van der Waals surface area contributed by atoms with Gasteiger partial charge in [0, 0.05) is 32.3 Å². The molecule has 0 amide bonds. The Labute approximate surface area is 112 Å². The minimum Gasteiger partial charge on any atom is -0.382 e. The standard InChI is InChI=1S/C14H30N2O2/c1-4-15-14-6-8-16(13(2)12-14)7-5-9-18-11-10-17-3/h13-15H,4-12H2,1-3H3. The van der Waals surface area contributed by atoms with Crippen molar-refractivity contribution in [3.8, 4) is 0 Å². The van der Waals surface area contributed by atoms with Gasteiger partial charge in [0.25, 0.3) is 0 Å². The first kappa shape index (κ1) is 15.9. The van der Waals surface area contributed by atoms with Crippen LogP contribution in [0.3, 0.4) is 0 Å². The molecule has 2 atom stereocenters. The SMILES string of the molecule is CCNC1CCN(CCCOCCOC)C(C)C1. The van der Waals surface area contributed by atoms with Crippen LogP contribution in [0.15, 0.2) is 0 Å². The summed E-state index contributed by atoms with van der Waals surface area (Å²) < 4.78 is 10.4. The van der Waals surface area contributed by atoms with Crippen LogP contribution in [0.25, 0.3) is 0 Å².